The van der Waals surface area contributed by atoms with E-state index in [0.29, 0.717) is 5.54 Å². The molecule has 2 rings (SSSR count). The molecule has 18 heavy (non-hydrogen) atoms. The summed E-state index contributed by atoms with van der Waals surface area (Å²) in [6, 6.07) is 0. The Morgan fingerprint density at radius 3 is 2.72 bits per heavy atom. The average molecular weight is 250 g/mol. The van der Waals surface area contributed by atoms with Crippen molar-refractivity contribution in [3.8, 4) is 0 Å². The van der Waals surface area contributed by atoms with E-state index in [1.165, 1.54) is 25.7 Å². The van der Waals surface area contributed by atoms with Crippen molar-refractivity contribution < 1.29 is 0 Å². The molecule has 0 aromatic carbocycles. The minimum Gasteiger partial charge on any atom is -0.354 e. The molecule has 0 aliphatic heterocycles. The molecule has 0 radical (unpaired) electrons. The number of aromatic nitrogens is 2. The molecule has 0 unspecified atom stereocenters. The van der Waals surface area contributed by atoms with Crippen LogP contribution in [0.1, 0.15) is 39.0 Å². The number of aryl methyl sites for hydroxylation is 1. The molecule has 1 N–H and O–H groups in total. The van der Waals surface area contributed by atoms with Crippen LogP contribution in [-0.4, -0.2) is 40.6 Å². The van der Waals surface area contributed by atoms with Crippen LogP contribution in [0.2, 0.25) is 0 Å². The summed E-state index contributed by atoms with van der Waals surface area (Å²) >= 11 is 0. The van der Waals surface area contributed by atoms with Crippen LogP contribution in [-0.2, 0) is 6.54 Å². The number of imidazole rings is 1. The highest BCUT2D eigenvalue weighted by atomic mass is 15.2. The second-order valence-corrected chi connectivity index (χ2v) is 5.62. The molecule has 4 nitrogen and oxygen atoms in total. The molecule has 1 saturated carbocycles. The molecule has 0 atom stereocenters. The van der Waals surface area contributed by atoms with Crippen molar-refractivity contribution in [3.05, 3.63) is 12.4 Å². The van der Waals surface area contributed by atoms with Crippen LogP contribution in [0.25, 0.3) is 0 Å². The highest BCUT2D eigenvalue weighted by molar-refractivity contribution is 5.27. The van der Waals surface area contributed by atoms with E-state index in [-0.39, 0.29) is 0 Å². The van der Waals surface area contributed by atoms with E-state index < -0.39 is 0 Å². The lowest BCUT2D eigenvalue weighted by molar-refractivity contribution is 0.172. The Morgan fingerprint density at radius 1 is 1.39 bits per heavy atom. The van der Waals surface area contributed by atoms with Gasteiger partial charge in [-0.2, -0.15) is 0 Å². The van der Waals surface area contributed by atoms with Crippen LogP contribution in [0.4, 0.5) is 5.95 Å². The van der Waals surface area contributed by atoms with E-state index in [4.69, 9.17) is 0 Å². The van der Waals surface area contributed by atoms with Gasteiger partial charge in [-0.3, -0.25) is 0 Å². The molecule has 102 valence electrons. The fourth-order valence-corrected chi connectivity index (χ4v) is 2.96. The summed E-state index contributed by atoms with van der Waals surface area (Å²) in [5.41, 5.74) is 0.322. The topological polar surface area (TPSA) is 33.1 Å². The number of hydrogen-bond donors (Lipinski definition) is 1. The Morgan fingerprint density at radius 2 is 2.11 bits per heavy atom. The summed E-state index contributed by atoms with van der Waals surface area (Å²) in [5.74, 6) is 1.02. The summed E-state index contributed by atoms with van der Waals surface area (Å²) in [5, 5.41) is 3.55. The van der Waals surface area contributed by atoms with E-state index in [2.05, 4.69) is 47.0 Å². The minimum atomic E-state index is 0.322. The highest BCUT2D eigenvalue weighted by Crippen LogP contribution is 2.33. The van der Waals surface area contributed by atoms with Gasteiger partial charge in [0.25, 0.3) is 0 Å². The van der Waals surface area contributed by atoms with Crippen molar-refractivity contribution in [2.75, 3.05) is 26.0 Å². The third kappa shape index (κ3) is 2.69. The second-order valence-electron chi connectivity index (χ2n) is 5.62. The van der Waals surface area contributed by atoms with Crippen LogP contribution in [0.3, 0.4) is 0 Å². The Bertz CT molecular complexity index is 364. The summed E-state index contributed by atoms with van der Waals surface area (Å²) in [6.45, 7) is 4.24. The summed E-state index contributed by atoms with van der Waals surface area (Å²) in [6.07, 6.45) is 10.4. The van der Waals surface area contributed by atoms with Gasteiger partial charge in [0, 0.05) is 31.0 Å². The van der Waals surface area contributed by atoms with Crippen LogP contribution in [0, 0.1) is 0 Å². The first-order chi connectivity index (χ1) is 8.68. The summed E-state index contributed by atoms with van der Waals surface area (Å²) in [7, 11) is 4.40. The average Bonchev–Trinajstić information content (AvgIpc) is 2.96. The maximum Gasteiger partial charge on any atom is 0.202 e. The maximum absolute atomic E-state index is 4.42. The second kappa shape index (κ2) is 5.74. The molecule has 1 aliphatic rings. The van der Waals surface area contributed by atoms with Gasteiger partial charge < -0.3 is 14.8 Å². The van der Waals surface area contributed by atoms with E-state index in [0.717, 1.165) is 25.5 Å². The Hall–Kier alpha value is -1.03. The third-order valence-corrected chi connectivity index (χ3v) is 4.24. The van der Waals surface area contributed by atoms with Crippen LogP contribution < -0.4 is 5.32 Å². The standard InChI is InChI=1S/C14H26N4/c1-4-10-18-11-9-15-13(18)16-12-14(17(2)3)7-5-6-8-14/h9,11H,4-8,10,12H2,1-3H3,(H,15,16). The lowest BCUT2D eigenvalue weighted by atomic mass is 9.96. The van der Waals surface area contributed by atoms with Crippen molar-refractivity contribution >= 4 is 5.95 Å². The SMILES string of the molecule is CCCn1ccnc1NCC1(N(C)C)CCCC1. The first-order valence-corrected chi connectivity index (χ1v) is 7.10. The molecule has 1 heterocycles. The van der Waals surface area contributed by atoms with Gasteiger partial charge >= 0.3 is 0 Å². The molecule has 0 saturated heterocycles. The fourth-order valence-electron chi connectivity index (χ4n) is 2.96. The first-order valence-electron chi connectivity index (χ1n) is 7.10. The van der Waals surface area contributed by atoms with Crippen molar-refractivity contribution in [1.29, 1.82) is 0 Å². The predicted molar refractivity (Wildman–Crippen MR) is 75.9 cm³/mol. The predicted octanol–water partition coefficient (Wildman–Crippen LogP) is 2.58. The van der Waals surface area contributed by atoms with Gasteiger partial charge in [-0.05, 0) is 33.4 Å². The van der Waals surface area contributed by atoms with E-state index >= 15 is 0 Å². The molecule has 0 amide bonds. The number of rotatable bonds is 6. The number of nitrogens with one attached hydrogen (secondary N) is 1. The van der Waals surface area contributed by atoms with E-state index in [9.17, 15) is 0 Å². The fraction of sp³-hybridized carbons (Fsp3) is 0.786. The van der Waals surface area contributed by atoms with Gasteiger partial charge in [-0.15, -0.1) is 0 Å². The van der Waals surface area contributed by atoms with Crippen molar-refractivity contribution in [3.63, 3.8) is 0 Å². The van der Waals surface area contributed by atoms with Gasteiger partial charge in [-0.25, -0.2) is 4.98 Å². The molecule has 0 bridgehead atoms. The Labute approximate surface area is 110 Å². The monoisotopic (exact) mass is 250 g/mol. The smallest absolute Gasteiger partial charge is 0.202 e. The molecular weight excluding hydrogens is 224 g/mol. The Kier molecular flexibility index (Phi) is 4.27. The zero-order valence-electron chi connectivity index (χ0n) is 11.9. The van der Waals surface area contributed by atoms with Crippen LogP contribution >= 0.6 is 0 Å². The van der Waals surface area contributed by atoms with Crippen molar-refractivity contribution in [2.24, 2.45) is 0 Å². The van der Waals surface area contributed by atoms with Crippen molar-refractivity contribution in [2.45, 2.75) is 51.1 Å². The molecule has 4 heteroatoms. The lowest BCUT2D eigenvalue weighted by Crippen LogP contribution is -2.47. The third-order valence-electron chi connectivity index (χ3n) is 4.24. The van der Waals surface area contributed by atoms with Gasteiger partial charge in [0.1, 0.15) is 0 Å². The minimum absolute atomic E-state index is 0.322. The molecule has 1 aromatic heterocycles. The summed E-state index contributed by atoms with van der Waals surface area (Å²) < 4.78 is 2.21. The highest BCUT2D eigenvalue weighted by Gasteiger charge is 2.35. The largest absolute Gasteiger partial charge is 0.354 e. The van der Waals surface area contributed by atoms with E-state index in [1.807, 2.05) is 6.20 Å². The molecule has 1 aliphatic carbocycles. The number of nitrogens with zero attached hydrogens (tertiary/aromatic N) is 3. The normalized spacial score (nSPS) is 18.4. The molecule has 1 fully saturated rings. The first kappa shape index (κ1) is 13.4. The molecule has 1 aromatic rings. The molecule has 0 spiro atoms. The van der Waals surface area contributed by atoms with Gasteiger partial charge in [0.15, 0.2) is 0 Å². The van der Waals surface area contributed by atoms with Crippen LogP contribution in [0.15, 0.2) is 12.4 Å². The van der Waals surface area contributed by atoms with Crippen molar-refractivity contribution in [1.82, 2.24) is 14.5 Å². The zero-order valence-corrected chi connectivity index (χ0v) is 11.9. The van der Waals surface area contributed by atoms with Crippen LogP contribution in [0.5, 0.6) is 0 Å². The van der Waals surface area contributed by atoms with Gasteiger partial charge in [0.2, 0.25) is 5.95 Å². The van der Waals surface area contributed by atoms with Gasteiger partial charge in [0.05, 0.1) is 0 Å². The quantitative estimate of drug-likeness (QED) is 0.842. The number of likely N-dealkylation sites (N-methyl/N-ethyl adjacent to an activating group) is 1. The van der Waals surface area contributed by atoms with E-state index in [1.54, 1.807) is 0 Å². The maximum atomic E-state index is 4.42. The molecular formula is C14H26N4. The number of hydrogen-bond acceptors (Lipinski definition) is 3. The lowest BCUT2D eigenvalue weighted by Gasteiger charge is -2.36. The number of anilines is 1. The zero-order chi connectivity index (χ0) is 13.0. The summed E-state index contributed by atoms with van der Waals surface area (Å²) in [4.78, 5) is 6.81. The Balaban J connectivity index is 1.99. The van der Waals surface area contributed by atoms with Gasteiger partial charge in [-0.1, -0.05) is 19.8 Å².